The van der Waals surface area contributed by atoms with E-state index in [2.05, 4.69) is 10.1 Å². The van der Waals surface area contributed by atoms with Gasteiger partial charge in [-0.25, -0.2) is 4.79 Å². The number of ether oxygens (including phenoxy) is 1. The van der Waals surface area contributed by atoms with Gasteiger partial charge >= 0.3 is 12.4 Å². The lowest BCUT2D eigenvalue weighted by Gasteiger charge is -2.19. The van der Waals surface area contributed by atoms with Gasteiger partial charge in [-0.05, 0) is 32.0 Å². The van der Waals surface area contributed by atoms with Crippen LogP contribution in [-0.4, -0.2) is 41.7 Å². The van der Waals surface area contributed by atoms with Gasteiger partial charge in [-0.1, -0.05) is 35.9 Å². The van der Waals surface area contributed by atoms with E-state index in [9.17, 15) is 27.6 Å². The minimum Gasteiger partial charge on any atom is -0.405 e. The number of carbonyl (C=O) groups is 3. The van der Waals surface area contributed by atoms with Crippen molar-refractivity contribution in [3.05, 3.63) is 59.7 Å². The Labute approximate surface area is 176 Å². The number of para-hydroxylation sites is 1. The Hall–Kier alpha value is -3.56. The van der Waals surface area contributed by atoms with Crippen LogP contribution in [0.25, 0.3) is 0 Å². The van der Waals surface area contributed by atoms with Crippen molar-refractivity contribution in [2.45, 2.75) is 32.8 Å². The number of rotatable bonds is 6. The SMILES string of the molecule is Cc1ccc(N2C(=O)N(CC(=O)NCc3ccccc3OC(F)(F)F)C(=O)[C@H]2C)cc1. The molecule has 7 nitrogen and oxygen atoms in total. The lowest BCUT2D eigenvalue weighted by molar-refractivity contribution is -0.274. The zero-order valence-electron chi connectivity index (χ0n) is 16.8. The van der Waals surface area contributed by atoms with Crippen molar-refractivity contribution in [2.75, 3.05) is 11.4 Å². The van der Waals surface area contributed by atoms with Crippen LogP contribution in [-0.2, 0) is 16.1 Å². The summed E-state index contributed by atoms with van der Waals surface area (Å²) in [6.45, 7) is 2.63. The normalized spacial score (nSPS) is 16.6. The maximum Gasteiger partial charge on any atom is 0.573 e. The lowest BCUT2D eigenvalue weighted by Crippen LogP contribution is -2.41. The van der Waals surface area contributed by atoms with Crippen LogP contribution in [0.3, 0.4) is 0 Å². The van der Waals surface area contributed by atoms with E-state index in [1.807, 2.05) is 6.92 Å². The topological polar surface area (TPSA) is 79.0 Å². The van der Waals surface area contributed by atoms with E-state index in [0.29, 0.717) is 5.69 Å². The van der Waals surface area contributed by atoms with Crippen molar-refractivity contribution < 1.29 is 32.3 Å². The summed E-state index contributed by atoms with van der Waals surface area (Å²) in [6.07, 6.45) is -4.87. The molecule has 31 heavy (non-hydrogen) atoms. The van der Waals surface area contributed by atoms with Crippen molar-refractivity contribution in [3.8, 4) is 5.75 Å². The molecule has 1 saturated heterocycles. The summed E-state index contributed by atoms with van der Waals surface area (Å²) >= 11 is 0. The molecule has 0 saturated carbocycles. The first kappa shape index (κ1) is 22.1. The Morgan fingerprint density at radius 3 is 2.39 bits per heavy atom. The van der Waals surface area contributed by atoms with E-state index >= 15 is 0 Å². The predicted molar refractivity (Wildman–Crippen MR) is 105 cm³/mol. The number of benzene rings is 2. The molecule has 1 heterocycles. The van der Waals surface area contributed by atoms with Crippen LogP contribution in [0.5, 0.6) is 5.75 Å². The number of aryl methyl sites for hydroxylation is 1. The van der Waals surface area contributed by atoms with Crippen molar-refractivity contribution in [2.24, 2.45) is 0 Å². The fourth-order valence-electron chi connectivity index (χ4n) is 3.18. The second kappa shape index (κ2) is 8.66. The molecule has 1 fully saturated rings. The van der Waals surface area contributed by atoms with Crippen molar-refractivity contribution >= 4 is 23.5 Å². The average Bonchev–Trinajstić information content (AvgIpc) is 2.90. The van der Waals surface area contributed by atoms with Crippen LogP contribution >= 0.6 is 0 Å². The summed E-state index contributed by atoms with van der Waals surface area (Å²) in [4.78, 5) is 39.7. The van der Waals surface area contributed by atoms with Crippen LogP contribution in [0.1, 0.15) is 18.1 Å². The van der Waals surface area contributed by atoms with Gasteiger partial charge in [0.25, 0.3) is 5.91 Å². The fourth-order valence-corrected chi connectivity index (χ4v) is 3.18. The molecule has 1 aliphatic heterocycles. The van der Waals surface area contributed by atoms with Gasteiger partial charge in [0.1, 0.15) is 18.3 Å². The van der Waals surface area contributed by atoms with Crippen LogP contribution in [0.4, 0.5) is 23.7 Å². The van der Waals surface area contributed by atoms with Crippen molar-refractivity contribution in [3.63, 3.8) is 0 Å². The number of anilines is 1. The molecule has 2 aromatic carbocycles. The highest BCUT2D eigenvalue weighted by atomic mass is 19.4. The summed E-state index contributed by atoms with van der Waals surface area (Å²) in [6, 6.07) is 11.0. The van der Waals surface area contributed by atoms with Gasteiger partial charge in [0.15, 0.2) is 0 Å². The first-order valence-electron chi connectivity index (χ1n) is 9.38. The van der Waals surface area contributed by atoms with Crippen molar-refractivity contribution in [1.29, 1.82) is 0 Å². The van der Waals surface area contributed by atoms with Crippen LogP contribution in [0.2, 0.25) is 0 Å². The molecule has 164 valence electrons. The highest BCUT2D eigenvalue weighted by molar-refractivity contribution is 6.15. The molecule has 0 aromatic heterocycles. The number of nitrogens with one attached hydrogen (secondary N) is 1. The maximum absolute atomic E-state index is 12.7. The number of halogens is 3. The maximum atomic E-state index is 12.7. The van der Waals surface area contributed by atoms with Gasteiger partial charge in [0, 0.05) is 17.8 Å². The molecule has 1 aliphatic rings. The number of alkyl halides is 3. The molecule has 1 N–H and O–H groups in total. The predicted octanol–water partition coefficient (Wildman–Crippen LogP) is 3.37. The Kier molecular flexibility index (Phi) is 6.19. The van der Waals surface area contributed by atoms with Crippen LogP contribution < -0.4 is 15.0 Å². The molecule has 1 atom stereocenters. The zero-order chi connectivity index (χ0) is 22.8. The number of amides is 4. The third-order valence-electron chi connectivity index (χ3n) is 4.74. The first-order valence-corrected chi connectivity index (χ1v) is 9.38. The van der Waals surface area contributed by atoms with E-state index in [1.54, 1.807) is 31.2 Å². The minimum atomic E-state index is -4.87. The quantitative estimate of drug-likeness (QED) is 0.706. The number of nitrogens with zero attached hydrogens (tertiary/aromatic N) is 2. The Balaban J connectivity index is 1.65. The largest absolute Gasteiger partial charge is 0.573 e. The third-order valence-corrected chi connectivity index (χ3v) is 4.74. The number of carbonyl (C=O) groups excluding carboxylic acids is 3. The minimum absolute atomic E-state index is 0.0990. The zero-order valence-corrected chi connectivity index (χ0v) is 16.8. The lowest BCUT2D eigenvalue weighted by atomic mass is 10.2. The third kappa shape index (κ3) is 5.14. The molecule has 0 spiro atoms. The van der Waals surface area contributed by atoms with Gasteiger partial charge < -0.3 is 10.1 Å². The summed E-state index contributed by atoms with van der Waals surface area (Å²) in [5.74, 6) is -1.68. The fraction of sp³-hybridized carbons (Fsp3) is 0.286. The van der Waals surface area contributed by atoms with E-state index in [1.165, 1.54) is 23.1 Å². The Morgan fingerprint density at radius 2 is 1.74 bits per heavy atom. The Bertz CT molecular complexity index is 992. The number of hydrogen-bond donors (Lipinski definition) is 1. The molecule has 0 radical (unpaired) electrons. The van der Waals surface area contributed by atoms with Crippen LogP contribution in [0, 0.1) is 6.92 Å². The van der Waals surface area contributed by atoms with E-state index in [0.717, 1.165) is 16.5 Å². The standard InChI is InChI=1S/C21H20F3N3O4/c1-13-7-9-16(10-8-13)27-14(2)19(29)26(20(27)30)12-18(28)25-11-15-5-3-4-6-17(15)31-21(22,23)24/h3-10,14H,11-12H2,1-2H3,(H,25,28)/t14-/m1/s1. The second-order valence-electron chi connectivity index (χ2n) is 7.02. The monoisotopic (exact) mass is 435 g/mol. The number of urea groups is 1. The summed E-state index contributed by atoms with van der Waals surface area (Å²) in [7, 11) is 0. The van der Waals surface area contributed by atoms with Gasteiger partial charge in [0.05, 0.1) is 0 Å². The summed E-state index contributed by atoms with van der Waals surface area (Å²) < 4.78 is 41.5. The molecular formula is C21H20F3N3O4. The molecule has 3 rings (SSSR count). The number of imide groups is 1. The van der Waals surface area contributed by atoms with E-state index in [4.69, 9.17) is 0 Å². The highest BCUT2D eigenvalue weighted by Crippen LogP contribution is 2.27. The Morgan fingerprint density at radius 1 is 1.10 bits per heavy atom. The molecule has 2 aromatic rings. The first-order chi connectivity index (χ1) is 14.6. The molecular weight excluding hydrogens is 415 g/mol. The highest BCUT2D eigenvalue weighted by Gasteiger charge is 2.44. The summed E-state index contributed by atoms with van der Waals surface area (Å²) in [5, 5.41) is 2.42. The number of hydrogen-bond acceptors (Lipinski definition) is 4. The van der Waals surface area contributed by atoms with Gasteiger partial charge in [0.2, 0.25) is 5.91 Å². The van der Waals surface area contributed by atoms with Gasteiger partial charge in [-0.3, -0.25) is 19.4 Å². The van der Waals surface area contributed by atoms with Gasteiger partial charge in [-0.2, -0.15) is 0 Å². The second-order valence-corrected chi connectivity index (χ2v) is 7.02. The molecule has 0 unspecified atom stereocenters. The van der Waals surface area contributed by atoms with E-state index in [-0.39, 0.29) is 12.1 Å². The molecule has 0 aliphatic carbocycles. The molecule has 0 bridgehead atoms. The van der Waals surface area contributed by atoms with E-state index < -0.39 is 42.5 Å². The van der Waals surface area contributed by atoms with Gasteiger partial charge in [-0.15, -0.1) is 13.2 Å². The average molecular weight is 435 g/mol. The molecule has 4 amide bonds. The smallest absolute Gasteiger partial charge is 0.405 e. The van der Waals surface area contributed by atoms with Crippen LogP contribution in [0.15, 0.2) is 48.5 Å². The van der Waals surface area contributed by atoms with Crippen molar-refractivity contribution in [1.82, 2.24) is 10.2 Å². The summed E-state index contributed by atoms with van der Waals surface area (Å²) in [5.41, 5.74) is 1.61. The molecule has 10 heteroatoms.